The van der Waals surface area contributed by atoms with Crippen LogP contribution < -0.4 is 15.0 Å². The number of carbonyl (C=O) groups is 1. The van der Waals surface area contributed by atoms with Gasteiger partial charge in [0.05, 0.1) is 24.7 Å². The fourth-order valence-corrected chi connectivity index (χ4v) is 2.48. The lowest BCUT2D eigenvalue weighted by Crippen LogP contribution is -2.42. The van der Waals surface area contributed by atoms with Crippen LogP contribution in [0.2, 0.25) is 0 Å². The summed E-state index contributed by atoms with van der Waals surface area (Å²) in [6.07, 6.45) is 3.21. The maximum absolute atomic E-state index is 12.6. The lowest BCUT2D eigenvalue weighted by molar-refractivity contribution is 0.243. The molecule has 0 radical (unpaired) electrons. The number of furan rings is 1. The number of nitrogens with one attached hydrogen (secondary N) is 1. The lowest BCUT2D eigenvalue weighted by Gasteiger charge is -2.23. The second-order valence-electron chi connectivity index (χ2n) is 6.54. The van der Waals surface area contributed by atoms with E-state index >= 15 is 0 Å². The second kappa shape index (κ2) is 8.40. The van der Waals surface area contributed by atoms with E-state index in [1.807, 2.05) is 51.1 Å². The molecule has 0 unspecified atom stereocenters. The number of aryl methyl sites for hydroxylation is 1. The topological polar surface area (TPSA) is 67.6 Å². The molecule has 0 aliphatic carbocycles. The summed E-state index contributed by atoms with van der Waals surface area (Å²) in [7, 11) is 0. The van der Waals surface area contributed by atoms with Crippen LogP contribution in [0.5, 0.6) is 11.6 Å². The monoisotopic (exact) mass is 365 g/mol. The lowest BCUT2D eigenvalue weighted by atomic mass is 10.2. The van der Waals surface area contributed by atoms with Crippen LogP contribution in [0, 0.1) is 6.92 Å². The number of carbonyl (C=O) groups excluding carboxylic acids is 1. The van der Waals surface area contributed by atoms with E-state index in [1.165, 1.54) is 0 Å². The highest BCUT2D eigenvalue weighted by Gasteiger charge is 2.18. The molecule has 2 heterocycles. The van der Waals surface area contributed by atoms with Crippen LogP contribution in [-0.4, -0.2) is 17.1 Å². The molecule has 0 aliphatic rings. The zero-order valence-electron chi connectivity index (χ0n) is 15.7. The predicted molar refractivity (Wildman–Crippen MR) is 104 cm³/mol. The van der Waals surface area contributed by atoms with Crippen molar-refractivity contribution in [1.29, 1.82) is 0 Å². The van der Waals surface area contributed by atoms with Crippen LogP contribution >= 0.6 is 0 Å². The van der Waals surface area contributed by atoms with Crippen molar-refractivity contribution in [3.05, 3.63) is 72.3 Å². The van der Waals surface area contributed by atoms with Crippen LogP contribution in [0.15, 0.2) is 65.4 Å². The number of hydrogen-bond donors (Lipinski definition) is 1. The van der Waals surface area contributed by atoms with Crippen molar-refractivity contribution in [2.75, 3.05) is 4.90 Å². The van der Waals surface area contributed by atoms with Gasteiger partial charge in [-0.2, -0.15) is 0 Å². The standard InChI is InChI=1S/C21H23N3O3/c1-15(2)23-21(25)24(14-19-5-4-12-26-19)17-8-11-20(22-13-17)27-18-9-6-16(3)7-10-18/h4-13,15H,14H2,1-3H3,(H,23,25). The van der Waals surface area contributed by atoms with Gasteiger partial charge >= 0.3 is 6.03 Å². The largest absolute Gasteiger partial charge is 0.467 e. The van der Waals surface area contributed by atoms with Gasteiger partial charge in [-0.3, -0.25) is 4.90 Å². The molecule has 0 atom stereocenters. The first-order valence-corrected chi connectivity index (χ1v) is 8.82. The molecule has 3 rings (SSSR count). The van der Waals surface area contributed by atoms with Gasteiger partial charge in [0.15, 0.2) is 0 Å². The Kier molecular flexibility index (Phi) is 5.76. The Balaban J connectivity index is 1.77. The van der Waals surface area contributed by atoms with E-state index in [9.17, 15) is 4.79 Å². The molecule has 0 bridgehead atoms. The molecular weight excluding hydrogens is 342 g/mol. The number of benzene rings is 1. The molecule has 0 saturated carbocycles. The molecular formula is C21H23N3O3. The van der Waals surface area contributed by atoms with E-state index in [1.54, 1.807) is 35.6 Å². The molecule has 3 aromatic rings. The van der Waals surface area contributed by atoms with Gasteiger partial charge in [-0.25, -0.2) is 9.78 Å². The smallest absolute Gasteiger partial charge is 0.322 e. The number of nitrogens with zero attached hydrogens (tertiary/aromatic N) is 2. The van der Waals surface area contributed by atoms with Crippen molar-refractivity contribution < 1.29 is 13.9 Å². The summed E-state index contributed by atoms with van der Waals surface area (Å²) in [4.78, 5) is 18.5. The average molecular weight is 365 g/mol. The highest BCUT2D eigenvalue weighted by atomic mass is 16.5. The molecule has 6 heteroatoms. The normalized spacial score (nSPS) is 10.7. The summed E-state index contributed by atoms with van der Waals surface area (Å²) in [5.41, 5.74) is 1.82. The van der Waals surface area contributed by atoms with Crippen molar-refractivity contribution in [3.8, 4) is 11.6 Å². The first-order chi connectivity index (χ1) is 13.0. The summed E-state index contributed by atoms with van der Waals surface area (Å²) in [5.74, 6) is 1.87. The summed E-state index contributed by atoms with van der Waals surface area (Å²) in [6, 6.07) is 14.7. The van der Waals surface area contributed by atoms with Crippen LogP contribution in [0.25, 0.3) is 0 Å². The van der Waals surface area contributed by atoms with E-state index in [0.717, 1.165) is 5.56 Å². The quantitative estimate of drug-likeness (QED) is 0.675. The number of aromatic nitrogens is 1. The summed E-state index contributed by atoms with van der Waals surface area (Å²) >= 11 is 0. The molecule has 2 amide bonds. The predicted octanol–water partition coefficient (Wildman–Crippen LogP) is 4.90. The molecule has 2 aromatic heterocycles. The van der Waals surface area contributed by atoms with E-state index in [2.05, 4.69) is 10.3 Å². The molecule has 0 fully saturated rings. The zero-order chi connectivity index (χ0) is 19.2. The van der Waals surface area contributed by atoms with Crippen molar-refractivity contribution in [1.82, 2.24) is 10.3 Å². The number of anilines is 1. The SMILES string of the molecule is Cc1ccc(Oc2ccc(N(Cc3ccco3)C(=O)NC(C)C)cn2)cc1. The fraction of sp³-hybridized carbons (Fsp3) is 0.238. The van der Waals surface area contributed by atoms with Crippen LogP contribution in [0.4, 0.5) is 10.5 Å². The molecule has 140 valence electrons. The van der Waals surface area contributed by atoms with Crippen LogP contribution in [-0.2, 0) is 6.54 Å². The Morgan fingerprint density at radius 1 is 1.19 bits per heavy atom. The maximum atomic E-state index is 12.6. The fourth-order valence-electron chi connectivity index (χ4n) is 2.48. The Morgan fingerprint density at radius 2 is 1.96 bits per heavy atom. The maximum Gasteiger partial charge on any atom is 0.322 e. The Labute approximate surface area is 158 Å². The van der Waals surface area contributed by atoms with E-state index in [4.69, 9.17) is 9.15 Å². The highest BCUT2D eigenvalue weighted by molar-refractivity contribution is 5.91. The summed E-state index contributed by atoms with van der Waals surface area (Å²) in [5, 5.41) is 2.90. The van der Waals surface area contributed by atoms with Gasteiger partial charge in [0.25, 0.3) is 0 Å². The molecule has 0 spiro atoms. The third kappa shape index (κ3) is 5.10. The number of urea groups is 1. The average Bonchev–Trinajstić information content (AvgIpc) is 3.15. The minimum atomic E-state index is -0.213. The number of hydrogen-bond acceptors (Lipinski definition) is 4. The molecule has 27 heavy (non-hydrogen) atoms. The molecule has 0 aliphatic heterocycles. The minimum absolute atomic E-state index is 0.0219. The number of ether oxygens (including phenoxy) is 1. The van der Waals surface area contributed by atoms with E-state index in [0.29, 0.717) is 29.6 Å². The van der Waals surface area contributed by atoms with Crippen molar-refractivity contribution >= 4 is 11.7 Å². The van der Waals surface area contributed by atoms with Crippen LogP contribution in [0.3, 0.4) is 0 Å². The minimum Gasteiger partial charge on any atom is -0.467 e. The highest BCUT2D eigenvalue weighted by Crippen LogP contribution is 2.23. The van der Waals surface area contributed by atoms with Crippen molar-refractivity contribution in [3.63, 3.8) is 0 Å². The third-order valence-corrected chi connectivity index (χ3v) is 3.83. The van der Waals surface area contributed by atoms with Crippen molar-refractivity contribution in [2.45, 2.75) is 33.4 Å². The number of pyridine rings is 1. The molecule has 1 aromatic carbocycles. The third-order valence-electron chi connectivity index (χ3n) is 3.83. The van der Waals surface area contributed by atoms with Gasteiger partial charge in [-0.05, 0) is 51.1 Å². The van der Waals surface area contributed by atoms with Crippen molar-refractivity contribution in [2.24, 2.45) is 0 Å². The first kappa shape index (κ1) is 18.5. The van der Waals surface area contributed by atoms with Gasteiger partial charge in [0.1, 0.15) is 11.5 Å². The summed E-state index contributed by atoms with van der Waals surface area (Å²) < 4.78 is 11.1. The van der Waals surface area contributed by atoms with Gasteiger partial charge in [-0.1, -0.05) is 17.7 Å². The molecule has 0 saturated heterocycles. The van der Waals surface area contributed by atoms with E-state index < -0.39 is 0 Å². The number of amides is 2. The zero-order valence-corrected chi connectivity index (χ0v) is 15.7. The van der Waals surface area contributed by atoms with Crippen LogP contribution in [0.1, 0.15) is 25.2 Å². The Hall–Kier alpha value is -3.28. The van der Waals surface area contributed by atoms with Gasteiger partial charge in [0, 0.05) is 12.1 Å². The van der Waals surface area contributed by atoms with Gasteiger partial charge < -0.3 is 14.5 Å². The van der Waals surface area contributed by atoms with Gasteiger partial charge in [-0.15, -0.1) is 0 Å². The molecule has 6 nitrogen and oxygen atoms in total. The summed E-state index contributed by atoms with van der Waals surface area (Å²) in [6.45, 7) is 6.16. The van der Waals surface area contributed by atoms with E-state index in [-0.39, 0.29) is 12.1 Å². The Bertz CT molecular complexity index is 857. The second-order valence-corrected chi connectivity index (χ2v) is 6.54. The van der Waals surface area contributed by atoms with Gasteiger partial charge in [0.2, 0.25) is 5.88 Å². The molecule has 1 N–H and O–H groups in total. The Morgan fingerprint density at radius 3 is 2.56 bits per heavy atom. The first-order valence-electron chi connectivity index (χ1n) is 8.82. The number of rotatable bonds is 6.